The lowest BCUT2D eigenvalue weighted by atomic mass is 10.2. The molecule has 0 bridgehead atoms. The van der Waals surface area contributed by atoms with Gasteiger partial charge in [0.1, 0.15) is 10.6 Å². The summed E-state index contributed by atoms with van der Waals surface area (Å²) in [5.74, 6) is -0.112. The van der Waals surface area contributed by atoms with Gasteiger partial charge in [0.15, 0.2) is 18.2 Å². The van der Waals surface area contributed by atoms with Crippen molar-refractivity contribution in [3.8, 4) is 11.6 Å². The molecule has 0 unspecified atom stereocenters. The highest BCUT2D eigenvalue weighted by molar-refractivity contribution is 7.98. The Morgan fingerprint density at radius 1 is 1.14 bits per heavy atom. The van der Waals surface area contributed by atoms with E-state index in [0.29, 0.717) is 28.8 Å². The van der Waals surface area contributed by atoms with E-state index in [0.717, 1.165) is 5.56 Å². The van der Waals surface area contributed by atoms with Crippen LogP contribution in [0.1, 0.15) is 21.6 Å². The fraction of sp³-hybridized carbons (Fsp3) is 0.200. The Hall–Kier alpha value is -3.13. The second kappa shape index (κ2) is 9.18. The molecule has 1 N–H and O–H groups in total. The van der Waals surface area contributed by atoms with Gasteiger partial charge in [0.2, 0.25) is 0 Å². The maximum Gasteiger partial charge on any atom is 0.343 e. The quantitative estimate of drug-likeness (QED) is 0.371. The van der Waals surface area contributed by atoms with Crippen molar-refractivity contribution in [1.82, 2.24) is 15.3 Å². The van der Waals surface area contributed by atoms with Crippen molar-refractivity contribution in [3.05, 3.63) is 65.5 Å². The van der Waals surface area contributed by atoms with Crippen LogP contribution in [0.25, 0.3) is 11.6 Å². The van der Waals surface area contributed by atoms with Gasteiger partial charge in [-0.1, -0.05) is 30.3 Å². The predicted octanol–water partition coefficient (Wildman–Crippen LogP) is 3.24. The van der Waals surface area contributed by atoms with E-state index >= 15 is 0 Å². The number of thioether (sulfide) groups is 1. The molecule has 0 atom stereocenters. The van der Waals surface area contributed by atoms with Crippen LogP contribution >= 0.6 is 11.8 Å². The first-order valence-corrected chi connectivity index (χ1v) is 9.75. The molecular weight excluding hydrogens is 378 g/mol. The number of benzene rings is 1. The molecular formula is C20H19N3O4S. The average molecular weight is 397 g/mol. The summed E-state index contributed by atoms with van der Waals surface area (Å²) < 4.78 is 10.5. The highest BCUT2D eigenvalue weighted by Crippen LogP contribution is 2.25. The monoisotopic (exact) mass is 397 g/mol. The average Bonchev–Trinajstić information content (AvgIpc) is 3.25. The Morgan fingerprint density at radius 3 is 2.61 bits per heavy atom. The molecule has 144 valence electrons. The fourth-order valence-corrected chi connectivity index (χ4v) is 3.11. The second-order valence-corrected chi connectivity index (χ2v) is 6.63. The summed E-state index contributed by atoms with van der Waals surface area (Å²) in [4.78, 5) is 33.2. The van der Waals surface area contributed by atoms with Crippen molar-refractivity contribution in [2.45, 2.75) is 18.5 Å². The largest absolute Gasteiger partial charge is 0.461 e. The van der Waals surface area contributed by atoms with Gasteiger partial charge in [-0.3, -0.25) is 4.79 Å². The molecule has 0 fully saturated rings. The van der Waals surface area contributed by atoms with Crippen molar-refractivity contribution < 1.29 is 18.7 Å². The van der Waals surface area contributed by atoms with Gasteiger partial charge in [-0.05, 0) is 30.9 Å². The Bertz CT molecular complexity index is 959. The standard InChI is InChI=1S/C20H19N3O4S/c1-13-17(19(28-2)23-18(22-13)15-9-6-10-26-15)20(25)27-12-16(24)21-11-14-7-4-3-5-8-14/h3-10H,11-12H2,1-2H3,(H,21,24). The molecule has 3 rings (SSSR count). The van der Waals surface area contributed by atoms with E-state index in [1.54, 1.807) is 25.3 Å². The molecule has 28 heavy (non-hydrogen) atoms. The number of rotatable bonds is 7. The summed E-state index contributed by atoms with van der Waals surface area (Å²) in [6, 6.07) is 13.0. The highest BCUT2D eigenvalue weighted by atomic mass is 32.2. The van der Waals surface area contributed by atoms with Gasteiger partial charge in [0.25, 0.3) is 5.91 Å². The van der Waals surface area contributed by atoms with Crippen LogP contribution in [0.3, 0.4) is 0 Å². The van der Waals surface area contributed by atoms with E-state index in [9.17, 15) is 9.59 Å². The number of furan rings is 1. The maximum absolute atomic E-state index is 12.5. The van der Waals surface area contributed by atoms with Gasteiger partial charge >= 0.3 is 5.97 Å². The summed E-state index contributed by atoms with van der Waals surface area (Å²) in [6.45, 7) is 1.69. The molecule has 0 aliphatic heterocycles. The Labute approximate surface area is 166 Å². The van der Waals surface area contributed by atoms with Crippen LogP contribution in [0, 0.1) is 6.92 Å². The van der Waals surface area contributed by atoms with Gasteiger partial charge < -0.3 is 14.5 Å². The molecule has 1 aromatic carbocycles. The number of nitrogens with zero attached hydrogens (tertiary/aromatic N) is 2. The molecule has 2 aromatic heterocycles. The summed E-state index contributed by atoms with van der Waals surface area (Å²) in [5, 5.41) is 3.18. The molecule has 0 spiro atoms. The van der Waals surface area contributed by atoms with Crippen LogP contribution in [0.4, 0.5) is 0 Å². The van der Waals surface area contributed by atoms with E-state index in [1.165, 1.54) is 18.0 Å². The molecule has 2 heterocycles. The normalized spacial score (nSPS) is 10.5. The zero-order valence-electron chi connectivity index (χ0n) is 15.5. The maximum atomic E-state index is 12.5. The molecule has 0 radical (unpaired) electrons. The zero-order chi connectivity index (χ0) is 19.9. The second-order valence-electron chi connectivity index (χ2n) is 5.83. The first-order valence-electron chi connectivity index (χ1n) is 8.52. The minimum absolute atomic E-state index is 0.249. The van der Waals surface area contributed by atoms with E-state index < -0.39 is 5.97 Å². The smallest absolute Gasteiger partial charge is 0.343 e. The number of aryl methyl sites for hydroxylation is 1. The molecule has 3 aromatic rings. The topological polar surface area (TPSA) is 94.3 Å². The van der Waals surface area contributed by atoms with Crippen molar-refractivity contribution in [2.75, 3.05) is 12.9 Å². The Kier molecular flexibility index (Phi) is 6.44. The molecule has 0 saturated heterocycles. The van der Waals surface area contributed by atoms with Crippen molar-refractivity contribution in [2.24, 2.45) is 0 Å². The minimum Gasteiger partial charge on any atom is -0.461 e. The number of esters is 1. The van der Waals surface area contributed by atoms with Crippen LogP contribution in [-0.4, -0.2) is 34.7 Å². The molecule has 7 nitrogen and oxygen atoms in total. The zero-order valence-corrected chi connectivity index (χ0v) is 16.3. The number of ether oxygens (including phenoxy) is 1. The molecule has 0 saturated carbocycles. The van der Waals surface area contributed by atoms with Crippen LogP contribution in [0.15, 0.2) is 58.2 Å². The lowest BCUT2D eigenvalue weighted by molar-refractivity contribution is -0.124. The van der Waals surface area contributed by atoms with Crippen molar-refractivity contribution in [3.63, 3.8) is 0 Å². The number of amides is 1. The van der Waals surface area contributed by atoms with E-state index in [2.05, 4.69) is 15.3 Å². The lowest BCUT2D eigenvalue weighted by Crippen LogP contribution is -2.28. The third-order valence-corrected chi connectivity index (χ3v) is 4.54. The van der Waals surface area contributed by atoms with Crippen molar-refractivity contribution in [1.29, 1.82) is 0 Å². The summed E-state index contributed by atoms with van der Waals surface area (Å²) in [5.41, 5.74) is 1.67. The highest BCUT2D eigenvalue weighted by Gasteiger charge is 2.21. The Balaban J connectivity index is 1.64. The molecule has 0 aliphatic carbocycles. The summed E-state index contributed by atoms with van der Waals surface area (Å²) >= 11 is 1.30. The molecule has 1 amide bonds. The third-order valence-electron chi connectivity index (χ3n) is 3.86. The minimum atomic E-state index is -0.636. The van der Waals surface area contributed by atoms with Crippen molar-refractivity contribution >= 4 is 23.6 Å². The third kappa shape index (κ3) is 4.77. The SMILES string of the molecule is CSc1nc(-c2ccco2)nc(C)c1C(=O)OCC(=O)NCc1ccccc1. The van der Waals surface area contributed by atoms with Gasteiger partial charge in [0, 0.05) is 6.54 Å². The number of nitrogens with one attached hydrogen (secondary N) is 1. The first-order chi connectivity index (χ1) is 13.6. The molecule has 8 heteroatoms. The summed E-state index contributed by atoms with van der Waals surface area (Å²) in [7, 11) is 0. The van der Waals surface area contributed by atoms with Crippen LogP contribution in [0.5, 0.6) is 0 Å². The Morgan fingerprint density at radius 2 is 1.93 bits per heavy atom. The number of hydrogen-bond donors (Lipinski definition) is 1. The fourth-order valence-electron chi connectivity index (χ4n) is 2.50. The lowest BCUT2D eigenvalue weighted by Gasteiger charge is -2.11. The van der Waals surface area contributed by atoms with E-state index in [1.807, 2.05) is 30.3 Å². The van der Waals surface area contributed by atoms with Gasteiger partial charge in [-0.15, -0.1) is 11.8 Å². The van der Waals surface area contributed by atoms with Crippen LogP contribution < -0.4 is 5.32 Å². The summed E-state index contributed by atoms with van der Waals surface area (Å²) in [6.07, 6.45) is 3.33. The number of carbonyl (C=O) groups is 2. The van der Waals surface area contributed by atoms with Gasteiger partial charge in [-0.2, -0.15) is 0 Å². The van der Waals surface area contributed by atoms with Crippen LogP contribution in [-0.2, 0) is 16.1 Å². The number of hydrogen-bond acceptors (Lipinski definition) is 7. The van der Waals surface area contributed by atoms with Gasteiger partial charge in [-0.25, -0.2) is 14.8 Å². The van der Waals surface area contributed by atoms with Gasteiger partial charge in [0.05, 0.1) is 12.0 Å². The van der Waals surface area contributed by atoms with E-state index in [4.69, 9.17) is 9.15 Å². The number of aromatic nitrogens is 2. The van der Waals surface area contributed by atoms with Crippen LogP contribution in [0.2, 0.25) is 0 Å². The first kappa shape index (κ1) is 19.6. The predicted molar refractivity (Wildman–Crippen MR) is 105 cm³/mol. The van der Waals surface area contributed by atoms with E-state index in [-0.39, 0.29) is 18.1 Å². The number of carbonyl (C=O) groups excluding carboxylic acids is 2. The molecule has 0 aliphatic rings.